The quantitative estimate of drug-likeness (QED) is 0.459. The Morgan fingerprint density at radius 2 is 1.00 bits per heavy atom. The van der Waals surface area contributed by atoms with Gasteiger partial charge >= 0.3 is 0 Å². The van der Waals surface area contributed by atoms with Crippen LogP contribution in [0.2, 0.25) is 30.2 Å². The van der Waals surface area contributed by atoms with Crippen LogP contribution in [0.25, 0.3) is 0 Å². The smallest absolute Gasteiger partial charge is 0.146 e. The lowest BCUT2D eigenvalue weighted by atomic mass is 10.9. The van der Waals surface area contributed by atoms with Crippen molar-refractivity contribution in [2.75, 3.05) is 0 Å². The second-order valence-electron chi connectivity index (χ2n) is 4.01. The normalized spacial score (nSPS) is 13.4. The van der Waals surface area contributed by atoms with Crippen LogP contribution >= 0.6 is 11.1 Å². The molecule has 0 saturated carbocycles. The van der Waals surface area contributed by atoms with E-state index in [1.54, 1.807) is 0 Å². The van der Waals surface area contributed by atoms with E-state index in [1.165, 1.54) is 30.2 Å². The third-order valence-corrected chi connectivity index (χ3v) is 28.5. The van der Waals surface area contributed by atoms with Gasteiger partial charge in [-0.3, -0.25) is 0 Å². The fourth-order valence-corrected chi connectivity index (χ4v) is 21.9. The predicted octanol–water partition coefficient (Wildman–Crippen LogP) is 4.80. The fourth-order valence-electron chi connectivity index (χ4n) is 2.70. The summed E-state index contributed by atoms with van der Waals surface area (Å²) in [4.78, 5) is 0. The predicted molar refractivity (Wildman–Crippen MR) is 69.8 cm³/mol. The molecule has 0 rings (SSSR count). The molecule has 0 N–H and O–H groups in total. The van der Waals surface area contributed by atoms with Gasteiger partial charge in [0, 0.05) is 0 Å². The van der Waals surface area contributed by atoms with Gasteiger partial charge in [-0.25, -0.2) is 0 Å². The zero-order valence-electron chi connectivity index (χ0n) is 9.91. The minimum absolute atomic E-state index is 1.07. The number of hydrogen-bond donors (Lipinski definition) is 0. The Kier molecular flexibility index (Phi) is 5.88. The highest BCUT2D eigenvalue weighted by Gasteiger charge is 2.47. The second kappa shape index (κ2) is 5.57. The molecule has 0 radical (unpaired) electrons. The van der Waals surface area contributed by atoms with E-state index in [1.807, 2.05) is 0 Å². The maximum atomic E-state index is 6.93. The summed E-state index contributed by atoms with van der Waals surface area (Å²) in [5, 5.41) is 0. The van der Waals surface area contributed by atoms with Crippen molar-refractivity contribution in [2.24, 2.45) is 0 Å². The van der Waals surface area contributed by atoms with E-state index in [0.717, 1.165) is 0 Å². The number of halogens is 1. The van der Waals surface area contributed by atoms with Crippen LogP contribution in [-0.2, 0) is 0 Å². The van der Waals surface area contributed by atoms with Crippen molar-refractivity contribution < 1.29 is 0 Å². The molecule has 13 heavy (non-hydrogen) atoms. The van der Waals surface area contributed by atoms with Gasteiger partial charge in [0.25, 0.3) is 0 Å². The summed E-state index contributed by atoms with van der Waals surface area (Å²) < 4.78 is 0. The Morgan fingerprint density at radius 1 is 0.692 bits per heavy atom. The highest BCUT2D eigenvalue weighted by atomic mass is 35.6. The van der Waals surface area contributed by atoms with E-state index in [0.29, 0.717) is 0 Å². The highest BCUT2D eigenvalue weighted by Crippen LogP contribution is 2.38. The summed E-state index contributed by atoms with van der Waals surface area (Å²) in [7, 11) is -1.07. The summed E-state index contributed by atoms with van der Waals surface area (Å²) in [5.41, 5.74) is 0. The van der Waals surface area contributed by atoms with E-state index >= 15 is 0 Å². The lowest BCUT2D eigenvalue weighted by molar-refractivity contribution is 1.18. The monoisotopic (exact) mass is 236 g/mol. The van der Waals surface area contributed by atoms with Gasteiger partial charge in [0.05, 0.1) is 7.59 Å². The summed E-state index contributed by atoms with van der Waals surface area (Å²) >= 11 is 6.93. The van der Waals surface area contributed by atoms with Crippen molar-refractivity contribution in [1.29, 1.82) is 0 Å². The molecule has 0 aliphatic rings. The first-order valence-electron chi connectivity index (χ1n) is 5.74. The Balaban J connectivity index is 4.87. The third-order valence-electron chi connectivity index (χ3n) is 4.10. The molecule has 0 unspecified atom stereocenters. The number of hydrogen-bond acceptors (Lipinski definition) is 0. The Bertz CT molecular complexity index is 132. The van der Waals surface area contributed by atoms with Crippen LogP contribution in [-0.4, -0.2) is 14.5 Å². The molecule has 0 nitrogen and oxygen atoms in total. The van der Waals surface area contributed by atoms with Gasteiger partial charge in [0.2, 0.25) is 0 Å². The van der Waals surface area contributed by atoms with Gasteiger partial charge in [-0.05, 0) is 12.1 Å². The van der Waals surface area contributed by atoms with Crippen molar-refractivity contribution in [1.82, 2.24) is 0 Å². The lowest BCUT2D eigenvalue weighted by Crippen LogP contribution is -2.57. The average molecular weight is 237 g/mol. The van der Waals surface area contributed by atoms with E-state index in [4.69, 9.17) is 11.1 Å². The zero-order chi connectivity index (χ0) is 10.5. The van der Waals surface area contributed by atoms with Gasteiger partial charge in [-0.2, -0.15) is 11.1 Å². The van der Waals surface area contributed by atoms with Crippen LogP contribution in [0.15, 0.2) is 0 Å². The molecule has 0 aliphatic carbocycles. The largest absolute Gasteiger partial charge is 0.171 e. The molecular weight excluding hydrogens is 212 g/mol. The van der Waals surface area contributed by atoms with E-state index < -0.39 is 14.5 Å². The molecule has 0 fully saturated rings. The first-order valence-corrected chi connectivity index (χ1v) is 12.8. The second-order valence-corrected chi connectivity index (χ2v) is 21.2. The van der Waals surface area contributed by atoms with Crippen LogP contribution in [0.5, 0.6) is 0 Å². The molecule has 3 heteroatoms. The Hall–Kier alpha value is 0.724. The van der Waals surface area contributed by atoms with E-state index in [9.17, 15) is 0 Å². The standard InChI is InChI=1S/C10H25ClSi2/c1-6-12(7-2,8-3)13(11,9-4)10-5/h6-10H2,1-5H3. The van der Waals surface area contributed by atoms with Crippen molar-refractivity contribution >= 4 is 25.6 Å². The summed E-state index contributed by atoms with van der Waals surface area (Å²) in [6.45, 7) is 10.4. The zero-order valence-corrected chi connectivity index (χ0v) is 12.7. The summed E-state index contributed by atoms with van der Waals surface area (Å²) in [6, 6.07) is 6.77. The SMILES string of the molecule is CC[Si](Cl)(CC)[Si](CC)(CC)CC. The minimum Gasteiger partial charge on any atom is -0.171 e. The molecule has 0 heterocycles. The Morgan fingerprint density at radius 3 is 1.08 bits per heavy atom. The van der Waals surface area contributed by atoms with E-state index in [-0.39, 0.29) is 0 Å². The molecule has 0 aromatic heterocycles. The van der Waals surface area contributed by atoms with Gasteiger partial charge in [0.15, 0.2) is 0 Å². The van der Waals surface area contributed by atoms with E-state index in [2.05, 4.69) is 34.6 Å². The maximum Gasteiger partial charge on any atom is 0.146 e. The first kappa shape index (κ1) is 13.7. The molecule has 0 saturated heterocycles. The van der Waals surface area contributed by atoms with Crippen LogP contribution in [0.3, 0.4) is 0 Å². The molecular formula is C10H25ClSi2. The van der Waals surface area contributed by atoms with Crippen molar-refractivity contribution in [3.63, 3.8) is 0 Å². The highest BCUT2D eigenvalue weighted by molar-refractivity contribution is 7.59. The molecule has 0 atom stereocenters. The van der Waals surface area contributed by atoms with Gasteiger partial charge in [-0.1, -0.05) is 52.8 Å². The average Bonchev–Trinajstić information content (AvgIpc) is 2.20. The number of rotatable bonds is 6. The van der Waals surface area contributed by atoms with Crippen LogP contribution in [0, 0.1) is 0 Å². The molecule has 0 aliphatic heterocycles. The Labute approximate surface area is 90.6 Å². The van der Waals surface area contributed by atoms with Crippen LogP contribution in [0.4, 0.5) is 0 Å². The van der Waals surface area contributed by atoms with Crippen molar-refractivity contribution in [2.45, 2.75) is 64.8 Å². The lowest BCUT2D eigenvalue weighted by Gasteiger charge is -2.41. The maximum absolute atomic E-state index is 6.93. The van der Waals surface area contributed by atoms with Crippen LogP contribution in [0.1, 0.15) is 34.6 Å². The molecule has 80 valence electrons. The molecule has 0 spiro atoms. The van der Waals surface area contributed by atoms with Gasteiger partial charge in [-0.15, -0.1) is 0 Å². The van der Waals surface area contributed by atoms with Gasteiger partial charge in [0.1, 0.15) is 6.90 Å². The molecule has 0 aromatic rings. The molecule has 0 amide bonds. The minimum atomic E-state index is -1.37. The third kappa shape index (κ3) is 2.39. The van der Waals surface area contributed by atoms with Crippen LogP contribution < -0.4 is 0 Å². The van der Waals surface area contributed by atoms with Crippen molar-refractivity contribution in [3.8, 4) is 0 Å². The van der Waals surface area contributed by atoms with Crippen molar-refractivity contribution in [3.05, 3.63) is 0 Å². The first-order chi connectivity index (χ1) is 6.05. The molecule has 0 aromatic carbocycles. The topological polar surface area (TPSA) is 0 Å². The molecule has 0 bridgehead atoms. The van der Waals surface area contributed by atoms with Gasteiger partial charge < -0.3 is 0 Å². The summed E-state index contributed by atoms with van der Waals surface area (Å²) in [6.07, 6.45) is 0. The fraction of sp³-hybridized carbons (Fsp3) is 1.00. The summed E-state index contributed by atoms with van der Waals surface area (Å²) in [5.74, 6) is 0.